The smallest absolute Gasteiger partial charge is 0.217 e. The van der Waals surface area contributed by atoms with Crippen LogP contribution in [0.25, 0.3) is 0 Å². The van der Waals surface area contributed by atoms with Gasteiger partial charge in [0.25, 0.3) is 0 Å². The molecule has 0 bridgehead atoms. The van der Waals surface area contributed by atoms with Crippen molar-refractivity contribution in [2.75, 3.05) is 13.1 Å². The third-order valence-electron chi connectivity index (χ3n) is 3.84. The predicted octanol–water partition coefficient (Wildman–Crippen LogP) is 2.56. The predicted molar refractivity (Wildman–Crippen MR) is 72.0 cm³/mol. The zero-order valence-corrected chi connectivity index (χ0v) is 11.9. The summed E-state index contributed by atoms with van der Waals surface area (Å²) in [5, 5.41) is 3.03. The lowest BCUT2D eigenvalue weighted by Gasteiger charge is -2.36. The van der Waals surface area contributed by atoms with E-state index >= 15 is 0 Å². The minimum absolute atomic E-state index is 0.0978. The molecule has 0 aromatic carbocycles. The van der Waals surface area contributed by atoms with Crippen molar-refractivity contribution in [3.8, 4) is 0 Å². The van der Waals surface area contributed by atoms with Crippen LogP contribution in [-0.2, 0) is 4.79 Å². The Bertz CT molecular complexity index is 251. The molecule has 0 radical (unpaired) electrons. The van der Waals surface area contributed by atoms with Gasteiger partial charge in [0.05, 0.1) is 0 Å². The van der Waals surface area contributed by atoms with Gasteiger partial charge in [0.15, 0.2) is 0 Å². The van der Waals surface area contributed by atoms with E-state index in [9.17, 15) is 4.79 Å². The number of nitrogens with one attached hydrogen (secondary N) is 1. The summed E-state index contributed by atoms with van der Waals surface area (Å²) in [5.41, 5.74) is 0.280. The van der Waals surface area contributed by atoms with E-state index in [0.29, 0.717) is 6.04 Å². The summed E-state index contributed by atoms with van der Waals surface area (Å²) in [5.74, 6) is 0.0978. The first-order valence-corrected chi connectivity index (χ1v) is 6.98. The van der Waals surface area contributed by atoms with E-state index in [4.69, 9.17) is 0 Å². The van der Waals surface area contributed by atoms with E-state index in [2.05, 4.69) is 31.0 Å². The molecule has 1 N–H and O–H groups in total. The van der Waals surface area contributed by atoms with Gasteiger partial charge >= 0.3 is 0 Å². The SMILES string of the molecule is CCCCCC(C)(C)N1CC[C@@H](NC(C)=O)C1. The van der Waals surface area contributed by atoms with Gasteiger partial charge in [0.1, 0.15) is 0 Å². The van der Waals surface area contributed by atoms with Crippen molar-refractivity contribution in [2.45, 2.75) is 71.4 Å². The molecule has 3 nitrogen and oxygen atoms in total. The average molecular weight is 240 g/mol. The fourth-order valence-corrected chi connectivity index (χ4v) is 2.68. The molecule has 0 aromatic heterocycles. The second-order valence-corrected chi connectivity index (χ2v) is 5.90. The van der Waals surface area contributed by atoms with Gasteiger partial charge in [-0.25, -0.2) is 0 Å². The molecule has 1 saturated heterocycles. The lowest BCUT2D eigenvalue weighted by Crippen LogP contribution is -2.44. The van der Waals surface area contributed by atoms with Gasteiger partial charge in [-0.2, -0.15) is 0 Å². The van der Waals surface area contributed by atoms with E-state index in [1.165, 1.54) is 25.7 Å². The Morgan fingerprint density at radius 3 is 2.71 bits per heavy atom. The van der Waals surface area contributed by atoms with Gasteiger partial charge < -0.3 is 5.32 Å². The standard InChI is InChI=1S/C14H28N2O/c1-5-6-7-9-14(3,4)16-10-8-13(11-16)15-12(2)17/h13H,5-11H2,1-4H3,(H,15,17)/t13-/m1/s1. The Morgan fingerprint density at radius 1 is 1.41 bits per heavy atom. The summed E-state index contributed by atoms with van der Waals surface area (Å²) < 4.78 is 0. The molecule has 0 aromatic rings. The van der Waals surface area contributed by atoms with Gasteiger partial charge in [0, 0.05) is 31.6 Å². The molecular formula is C14H28N2O. The van der Waals surface area contributed by atoms with Gasteiger partial charge in [-0.15, -0.1) is 0 Å². The molecular weight excluding hydrogens is 212 g/mol. The molecule has 1 rings (SSSR count). The number of amides is 1. The summed E-state index contributed by atoms with van der Waals surface area (Å²) in [6.07, 6.45) is 6.27. The third kappa shape index (κ3) is 4.66. The molecule has 1 aliphatic heterocycles. The first kappa shape index (κ1) is 14.5. The molecule has 3 heteroatoms. The van der Waals surface area contributed by atoms with Crippen LogP contribution in [0.2, 0.25) is 0 Å². The monoisotopic (exact) mass is 240 g/mol. The second kappa shape index (κ2) is 6.39. The zero-order chi connectivity index (χ0) is 12.9. The Balaban J connectivity index is 2.37. The van der Waals surface area contributed by atoms with E-state index < -0.39 is 0 Å². The Kier molecular flexibility index (Phi) is 5.44. The molecule has 1 heterocycles. The van der Waals surface area contributed by atoms with E-state index in [1.807, 2.05) is 0 Å². The zero-order valence-electron chi connectivity index (χ0n) is 11.9. The van der Waals surface area contributed by atoms with Crippen molar-refractivity contribution in [3.63, 3.8) is 0 Å². The molecule has 0 spiro atoms. The van der Waals surface area contributed by atoms with E-state index in [1.54, 1.807) is 6.92 Å². The van der Waals surface area contributed by atoms with E-state index in [-0.39, 0.29) is 11.4 Å². The highest BCUT2D eigenvalue weighted by Crippen LogP contribution is 2.26. The van der Waals surface area contributed by atoms with Gasteiger partial charge in [0.2, 0.25) is 5.91 Å². The number of carbonyl (C=O) groups is 1. The molecule has 100 valence electrons. The summed E-state index contributed by atoms with van der Waals surface area (Å²) in [7, 11) is 0. The normalized spacial score (nSPS) is 21.8. The molecule has 17 heavy (non-hydrogen) atoms. The number of likely N-dealkylation sites (tertiary alicyclic amines) is 1. The quantitative estimate of drug-likeness (QED) is 0.724. The van der Waals surface area contributed by atoms with Crippen molar-refractivity contribution in [2.24, 2.45) is 0 Å². The molecule has 0 aliphatic carbocycles. The van der Waals surface area contributed by atoms with Crippen molar-refractivity contribution >= 4 is 5.91 Å². The van der Waals surface area contributed by atoms with Crippen LogP contribution >= 0.6 is 0 Å². The lowest BCUT2D eigenvalue weighted by atomic mass is 9.95. The number of carbonyl (C=O) groups excluding carboxylic acids is 1. The summed E-state index contributed by atoms with van der Waals surface area (Å²) in [6, 6.07) is 0.359. The average Bonchev–Trinajstić information content (AvgIpc) is 2.66. The number of nitrogens with zero attached hydrogens (tertiary/aromatic N) is 1. The third-order valence-corrected chi connectivity index (χ3v) is 3.84. The Hall–Kier alpha value is -0.570. The number of hydrogen-bond donors (Lipinski definition) is 1. The summed E-state index contributed by atoms with van der Waals surface area (Å²) >= 11 is 0. The topological polar surface area (TPSA) is 32.3 Å². The van der Waals surface area contributed by atoms with Crippen LogP contribution < -0.4 is 5.32 Å². The fourth-order valence-electron chi connectivity index (χ4n) is 2.68. The van der Waals surface area contributed by atoms with Crippen LogP contribution in [-0.4, -0.2) is 35.5 Å². The van der Waals surface area contributed by atoms with Crippen LogP contribution in [0, 0.1) is 0 Å². The molecule has 1 atom stereocenters. The van der Waals surface area contributed by atoms with Crippen molar-refractivity contribution in [1.29, 1.82) is 0 Å². The van der Waals surface area contributed by atoms with Crippen LogP contribution in [0.4, 0.5) is 0 Å². The Morgan fingerprint density at radius 2 is 2.12 bits per heavy atom. The highest BCUT2D eigenvalue weighted by Gasteiger charge is 2.33. The highest BCUT2D eigenvalue weighted by molar-refractivity contribution is 5.73. The molecule has 1 aliphatic rings. The highest BCUT2D eigenvalue weighted by atomic mass is 16.1. The number of unbranched alkanes of at least 4 members (excludes halogenated alkanes) is 2. The van der Waals surface area contributed by atoms with Crippen molar-refractivity contribution < 1.29 is 4.79 Å². The number of hydrogen-bond acceptors (Lipinski definition) is 2. The largest absolute Gasteiger partial charge is 0.352 e. The molecule has 1 fully saturated rings. The minimum Gasteiger partial charge on any atom is -0.352 e. The lowest BCUT2D eigenvalue weighted by molar-refractivity contribution is -0.119. The minimum atomic E-state index is 0.0978. The van der Waals surface area contributed by atoms with Crippen molar-refractivity contribution in [1.82, 2.24) is 10.2 Å². The summed E-state index contributed by atoms with van der Waals surface area (Å²) in [6.45, 7) is 10.6. The van der Waals surface area contributed by atoms with Gasteiger partial charge in [-0.3, -0.25) is 9.69 Å². The first-order valence-electron chi connectivity index (χ1n) is 6.98. The molecule has 0 unspecified atom stereocenters. The first-order chi connectivity index (χ1) is 7.95. The van der Waals surface area contributed by atoms with Crippen molar-refractivity contribution in [3.05, 3.63) is 0 Å². The fraction of sp³-hybridized carbons (Fsp3) is 0.929. The van der Waals surface area contributed by atoms with Crippen LogP contribution in [0.3, 0.4) is 0 Å². The molecule has 1 amide bonds. The maximum Gasteiger partial charge on any atom is 0.217 e. The summed E-state index contributed by atoms with van der Waals surface area (Å²) in [4.78, 5) is 13.6. The van der Waals surface area contributed by atoms with Gasteiger partial charge in [-0.1, -0.05) is 26.2 Å². The maximum absolute atomic E-state index is 11.0. The van der Waals surface area contributed by atoms with Crippen LogP contribution in [0.1, 0.15) is 59.8 Å². The van der Waals surface area contributed by atoms with Crippen LogP contribution in [0.5, 0.6) is 0 Å². The second-order valence-electron chi connectivity index (χ2n) is 5.90. The maximum atomic E-state index is 11.0. The number of rotatable bonds is 6. The van der Waals surface area contributed by atoms with Crippen LogP contribution in [0.15, 0.2) is 0 Å². The van der Waals surface area contributed by atoms with E-state index in [0.717, 1.165) is 19.5 Å². The Labute approximate surface area is 106 Å². The van der Waals surface area contributed by atoms with Gasteiger partial charge in [-0.05, 0) is 26.7 Å². The molecule has 0 saturated carbocycles.